The summed E-state index contributed by atoms with van der Waals surface area (Å²) in [6.45, 7) is 1.72. The Bertz CT molecular complexity index is 1160. The molecule has 8 nitrogen and oxygen atoms in total. The second-order valence-corrected chi connectivity index (χ2v) is 9.01. The van der Waals surface area contributed by atoms with E-state index >= 15 is 0 Å². The van der Waals surface area contributed by atoms with E-state index in [0.717, 1.165) is 31.2 Å². The van der Waals surface area contributed by atoms with Crippen molar-refractivity contribution < 1.29 is 9.72 Å². The first-order valence-corrected chi connectivity index (χ1v) is 11.7. The van der Waals surface area contributed by atoms with Crippen molar-refractivity contribution in [2.45, 2.75) is 43.8 Å². The lowest BCUT2D eigenvalue weighted by atomic mass is 10.1. The van der Waals surface area contributed by atoms with Gasteiger partial charge in [0.25, 0.3) is 5.69 Å². The van der Waals surface area contributed by atoms with Gasteiger partial charge in [-0.3, -0.25) is 19.5 Å². The van der Waals surface area contributed by atoms with E-state index in [0.29, 0.717) is 21.6 Å². The third-order valence-electron chi connectivity index (χ3n) is 5.51. The van der Waals surface area contributed by atoms with Crippen LogP contribution in [-0.2, 0) is 4.79 Å². The highest BCUT2D eigenvalue weighted by atomic mass is 35.5. The Labute approximate surface area is 194 Å². The van der Waals surface area contributed by atoms with Crippen molar-refractivity contribution in [2.75, 3.05) is 11.1 Å². The van der Waals surface area contributed by atoms with E-state index in [-0.39, 0.29) is 29.1 Å². The van der Waals surface area contributed by atoms with Crippen LogP contribution in [0, 0.1) is 17.0 Å². The van der Waals surface area contributed by atoms with Crippen molar-refractivity contribution in [3.63, 3.8) is 0 Å². The average Bonchev–Trinajstić information content (AvgIpc) is 3.43. The number of carbonyl (C=O) groups is 1. The van der Waals surface area contributed by atoms with E-state index in [2.05, 4.69) is 20.1 Å². The van der Waals surface area contributed by atoms with Crippen molar-refractivity contribution >= 4 is 40.6 Å². The SMILES string of the molecule is Cc1cccc([N+](=O)[O-])c1NC(=O)CSc1nnc(-c2ccccc2Cl)n1C1CCCC1. The zero-order valence-electron chi connectivity index (χ0n) is 17.5. The standard InChI is InChI=1S/C22H22ClN5O3S/c1-14-7-6-12-18(28(30)31)20(14)24-19(29)13-32-22-26-25-21(16-10-4-5-11-17(16)23)27(22)15-8-2-3-9-15/h4-7,10-12,15H,2-3,8-9,13H2,1H3,(H,24,29). The van der Waals surface area contributed by atoms with Gasteiger partial charge in [-0.2, -0.15) is 0 Å². The molecule has 1 saturated carbocycles. The number of nitro groups is 1. The van der Waals surface area contributed by atoms with Crippen LogP contribution in [0.15, 0.2) is 47.6 Å². The molecular weight excluding hydrogens is 450 g/mol. The lowest BCUT2D eigenvalue weighted by molar-refractivity contribution is -0.384. The fraction of sp³-hybridized carbons (Fsp3) is 0.318. The molecule has 32 heavy (non-hydrogen) atoms. The van der Waals surface area contributed by atoms with Crippen LogP contribution < -0.4 is 5.32 Å². The number of anilines is 1. The number of benzene rings is 2. The summed E-state index contributed by atoms with van der Waals surface area (Å²) in [4.78, 5) is 23.5. The molecule has 166 valence electrons. The molecule has 0 spiro atoms. The summed E-state index contributed by atoms with van der Waals surface area (Å²) in [5, 5.41) is 24.0. The maximum Gasteiger partial charge on any atom is 0.293 e. The van der Waals surface area contributed by atoms with Crippen molar-refractivity contribution in [1.29, 1.82) is 0 Å². The maximum absolute atomic E-state index is 12.6. The molecular formula is C22H22ClN5O3S. The molecule has 10 heteroatoms. The summed E-state index contributed by atoms with van der Waals surface area (Å²) in [6, 6.07) is 12.5. The monoisotopic (exact) mass is 471 g/mol. The molecule has 2 aromatic carbocycles. The minimum absolute atomic E-state index is 0.0544. The van der Waals surface area contributed by atoms with Gasteiger partial charge in [0, 0.05) is 17.7 Å². The average molecular weight is 472 g/mol. The van der Waals surface area contributed by atoms with Crippen molar-refractivity contribution in [1.82, 2.24) is 14.8 Å². The minimum atomic E-state index is -0.498. The second-order valence-electron chi connectivity index (χ2n) is 7.66. The van der Waals surface area contributed by atoms with E-state index in [1.165, 1.54) is 17.8 Å². The van der Waals surface area contributed by atoms with E-state index in [9.17, 15) is 14.9 Å². The summed E-state index contributed by atoms with van der Waals surface area (Å²) in [5.41, 5.74) is 1.53. The first kappa shape index (κ1) is 22.3. The third-order valence-corrected chi connectivity index (χ3v) is 6.79. The molecule has 0 bridgehead atoms. The number of aromatic nitrogens is 3. The molecule has 0 saturated heterocycles. The lowest BCUT2D eigenvalue weighted by Crippen LogP contribution is -2.17. The first-order chi connectivity index (χ1) is 15.5. The van der Waals surface area contributed by atoms with E-state index in [1.54, 1.807) is 19.1 Å². The van der Waals surface area contributed by atoms with Gasteiger partial charge in [0.15, 0.2) is 11.0 Å². The Hall–Kier alpha value is -2.91. The fourth-order valence-corrected chi connectivity index (χ4v) is 4.99. The zero-order chi connectivity index (χ0) is 22.7. The van der Waals surface area contributed by atoms with E-state index in [1.807, 2.05) is 24.3 Å². The molecule has 1 amide bonds. The highest BCUT2D eigenvalue weighted by molar-refractivity contribution is 7.99. The van der Waals surface area contributed by atoms with Gasteiger partial charge in [0.1, 0.15) is 5.69 Å². The zero-order valence-corrected chi connectivity index (χ0v) is 19.0. The Morgan fingerprint density at radius 3 is 2.69 bits per heavy atom. The molecule has 0 aliphatic heterocycles. The van der Waals surface area contributed by atoms with Crippen LogP contribution in [0.3, 0.4) is 0 Å². The Morgan fingerprint density at radius 2 is 1.97 bits per heavy atom. The molecule has 0 unspecified atom stereocenters. The summed E-state index contributed by atoms with van der Waals surface area (Å²) >= 11 is 7.68. The van der Waals surface area contributed by atoms with Crippen LogP contribution in [0.5, 0.6) is 0 Å². The van der Waals surface area contributed by atoms with Gasteiger partial charge in [0.2, 0.25) is 5.91 Å². The summed E-state index contributed by atoms with van der Waals surface area (Å²) in [5.74, 6) is 0.409. The summed E-state index contributed by atoms with van der Waals surface area (Å²) in [6.07, 6.45) is 4.30. The van der Waals surface area contributed by atoms with E-state index in [4.69, 9.17) is 11.6 Å². The normalized spacial score (nSPS) is 13.9. The third kappa shape index (κ3) is 4.63. The van der Waals surface area contributed by atoms with Crippen LogP contribution >= 0.6 is 23.4 Å². The molecule has 1 fully saturated rings. The molecule has 0 radical (unpaired) electrons. The van der Waals surface area contributed by atoms with Crippen molar-refractivity contribution in [3.05, 3.63) is 63.2 Å². The van der Waals surface area contributed by atoms with Gasteiger partial charge in [-0.05, 0) is 37.5 Å². The minimum Gasteiger partial charge on any atom is -0.319 e. The topological polar surface area (TPSA) is 103 Å². The van der Waals surface area contributed by atoms with Crippen LogP contribution in [-0.4, -0.2) is 31.3 Å². The molecule has 1 heterocycles. The van der Waals surface area contributed by atoms with Crippen LogP contribution in [0.2, 0.25) is 5.02 Å². The number of amides is 1. The van der Waals surface area contributed by atoms with Crippen molar-refractivity contribution in [3.8, 4) is 11.4 Å². The number of hydrogen-bond donors (Lipinski definition) is 1. The molecule has 0 atom stereocenters. The number of nitrogens with zero attached hydrogens (tertiary/aromatic N) is 4. The van der Waals surface area contributed by atoms with Crippen molar-refractivity contribution in [2.24, 2.45) is 0 Å². The smallest absolute Gasteiger partial charge is 0.293 e. The molecule has 1 aliphatic carbocycles. The maximum atomic E-state index is 12.6. The molecule has 3 aromatic rings. The van der Waals surface area contributed by atoms with Gasteiger partial charge in [0.05, 0.1) is 15.7 Å². The number of carbonyl (C=O) groups excluding carboxylic acids is 1. The number of halogens is 1. The fourth-order valence-electron chi connectivity index (χ4n) is 3.97. The van der Waals surface area contributed by atoms with Gasteiger partial charge in [-0.15, -0.1) is 10.2 Å². The van der Waals surface area contributed by atoms with Crippen LogP contribution in [0.25, 0.3) is 11.4 Å². The van der Waals surface area contributed by atoms with Crippen LogP contribution in [0.1, 0.15) is 37.3 Å². The van der Waals surface area contributed by atoms with Gasteiger partial charge in [-0.25, -0.2) is 0 Å². The number of rotatable bonds is 7. The van der Waals surface area contributed by atoms with Gasteiger partial charge >= 0.3 is 0 Å². The van der Waals surface area contributed by atoms with E-state index < -0.39 is 4.92 Å². The van der Waals surface area contributed by atoms with Crippen LogP contribution in [0.4, 0.5) is 11.4 Å². The number of nitro benzene ring substituents is 1. The highest BCUT2D eigenvalue weighted by Gasteiger charge is 2.26. The van der Waals surface area contributed by atoms with Gasteiger partial charge < -0.3 is 5.32 Å². The molecule has 1 aliphatic rings. The van der Waals surface area contributed by atoms with Gasteiger partial charge in [-0.1, -0.05) is 60.5 Å². The highest BCUT2D eigenvalue weighted by Crippen LogP contribution is 2.38. The Morgan fingerprint density at radius 1 is 1.22 bits per heavy atom. The Balaban J connectivity index is 1.56. The second kappa shape index (κ2) is 9.70. The predicted octanol–water partition coefficient (Wildman–Crippen LogP) is 5.66. The molecule has 4 rings (SSSR count). The quantitative estimate of drug-likeness (QED) is 0.271. The molecule has 1 N–H and O–H groups in total. The lowest BCUT2D eigenvalue weighted by Gasteiger charge is -2.17. The number of aryl methyl sites for hydroxylation is 1. The predicted molar refractivity (Wildman–Crippen MR) is 125 cm³/mol. The Kier molecular flexibility index (Phi) is 6.76. The number of thioether (sulfide) groups is 1. The summed E-state index contributed by atoms with van der Waals surface area (Å²) < 4.78 is 2.09. The summed E-state index contributed by atoms with van der Waals surface area (Å²) in [7, 11) is 0. The number of hydrogen-bond acceptors (Lipinski definition) is 6. The number of nitrogens with one attached hydrogen (secondary N) is 1. The largest absolute Gasteiger partial charge is 0.319 e. The number of para-hydroxylation sites is 1. The molecule has 1 aromatic heterocycles. The first-order valence-electron chi connectivity index (χ1n) is 10.3.